The number of hydrogen-bond donors (Lipinski definition) is 2. The summed E-state index contributed by atoms with van der Waals surface area (Å²) in [4.78, 5) is 23.8. The smallest absolute Gasteiger partial charge is 0.326 e. The Morgan fingerprint density at radius 1 is 1.57 bits per heavy atom. The van der Waals surface area contributed by atoms with Gasteiger partial charge in [0.1, 0.15) is 17.2 Å². The van der Waals surface area contributed by atoms with Gasteiger partial charge in [0.2, 0.25) is 0 Å². The van der Waals surface area contributed by atoms with Gasteiger partial charge in [-0.25, -0.2) is 4.79 Å². The molecular formula is C11H13N5O3S2. The van der Waals surface area contributed by atoms with Crippen molar-refractivity contribution in [1.82, 2.24) is 25.5 Å². The van der Waals surface area contributed by atoms with Gasteiger partial charge in [0, 0.05) is 0 Å². The number of thiophene rings is 1. The van der Waals surface area contributed by atoms with E-state index in [9.17, 15) is 9.59 Å². The minimum Gasteiger partial charge on any atom is -0.480 e. The summed E-state index contributed by atoms with van der Waals surface area (Å²) in [6.45, 7) is 0. The SMILES string of the molecule is CSCCC(NC(=O)c1sccc1-n1cnnn1)C(=O)O. The number of carboxylic acids is 1. The number of tetrazole rings is 1. The van der Waals surface area contributed by atoms with Gasteiger partial charge in [-0.05, 0) is 40.3 Å². The molecule has 112 valence electrons. The molecule has 2 N–H and O–H groups in total. The molecule has 2 rings (SSSR count). The molecule has 1 atom stereocenters. The van der Waals surface area contributed by atoms with Gasteiger partial charge in [0.15, 0.2) is 0 Å². The van der Waals surface area contributed by atoms with Crippen LogP contribution in [0.4, 0.5) is 0 Å². The van der Waals surface area contributed by atoms with Crippen molar-refractivity contribution in [3.05, 3.63) is 22.7 Å². The summed E-state index contributed by atoms with van der Waals surface area (Å²) >= 11 is 2.74. The van der Waals surface area contributed by atoms with Gasteiger partial charge in [-0.1, -0.05) is 0 Å². The molecule has 0 aliphatic heterocycles. The number of aromatic nitrogens is 4. The summed E-state index contributed by atoms with van der Waals surface area (Å²) in [5, 5.41) is 24.2. The fraction of sp³-hybridized carbons (Fsp3) is 0.364. The number of rotatable bonds is 7. The molecule has 0 saturated heterocycles. The Balaban J connectivity index is 2.13. The summed E-state index contributed by atoms with van der Waals surface area (Å²) in [5.74, 6) is -0.830. The zero-order valence-electron chi connectivity index (χ0n) is 11.1. The summed E-state index contributed by atoms with van der Waals surface area (Å²) in [5.41, 5.74) is 0.525. The standard InChI is InChI=1S/C11H13N5O3S2/c1-20-4-2-7(11(18)19)13-10(17)9-8(3-5-21-9)16-6-12-14-15-16/h3,5-7H,2,4H2,1H3,(H,13,17)(H,18,19). The van der Waals surface area contributed by atoms with Crippen LogP contribution in [0.25, 0.3) is 5.69 Å². The van der Waals surface area contributed by atoms with E-state index in [2.05, 4.69) is 20.8 Å². The van der Waals surface area contributed by atoms with Crippen LogP contribution in [0.2, 0.25) is 0 Å². The number of aliphatic carboxylic acids is 1. The van der Waals surface area contributed by atoms with Crippen LogP contribution in [0, 0.1) is 0 Å². The van der Waals surface area contributed by atoms with Gasteiger partial charge in [0.05, 0.1) is 5.69 Å². The number of amides is 1. The van der Waals surface area contributed by atoms with E-state index in [1.54, 1.807) is 11.4 Å². The molecule has 0 aliphatic rings. The predicted molar refractivity (Wildman–Crippen MR) is 78.9 cm³/mol. The zero-order valence-corrected chi connectivity index (χ0v) is 12.7. The largest absolute Gasteiger partial charge is 0.480 e. The van der Waals surface area contributed by atoms with Crippen LogP contribution in [0.15, 0.2) is 17.8 Å². The quantitative estimate of drug-likeness (QED) is 0.768. The Labute approximate surface area is 128 Å². The third kappa shape index (κ3) is 3.79. The third-order valence-electron chi connectivity index (χ3n) is 2.66. The van der Waals surface area contributed by atoms with E-state index < -0.39 is 17.9 Å². The lowest BCUT2D eigenvalue weighted by Gasteiger charge is -2.13. The fourth-order valence-electron chi connectivity index (χ4n) is 1.64. The van der Waals surface area contributed by atoms with Crippen LogP contribution >= 0.6 is 23.1 Å². The van der Waals surface area contributed by atoms with Crippen molar-refractivity contribution in [3.63, 3.8) is 0 Å². The molecule has 0 aromatic carbocycles. The van der Waals surface area contributed by atoms with Crippen molar-refractivity contribution in [1.29, 1.82) is 0 Å². The molecule has 0 aliphatic carbocycles. The first kappa shape index (κ1) is 15.4. The van der Waals surface area contributed by atoms with Crippen molar-refractivity contribution in [2.24, 2.45) is 0 Å². The molecule has 0 radical (unpaired) electrons. The third-order valence-corrected chi connectivity index (χ3v) is 4.21. The van der Waals surface area contributed by atoms with Crippen LogP contribution < -0.4 is 5.32 Å². The number of thioether (sulfide) groups is 1. The molecule has 0 saturated carbocycles. The number of carbonyl (C=O) groups excluding carboxylic acids is 1. The molecule has 0 fully saturated rings. The van der Waals surface area contributed by atoms with Crippen molar-refractivity contribution in [2.75, 3.05) is 12.0 Å². The van der Waals surface area contributed by atoms with Crippen LogP contribution in [-0.2, 0) is 4.79 Å². The minimum atomic E-state index is -1.04. The van der Waals surface area contributed by atoms with Crippen molar-refractivity contribution >= 4 is 35.0 Å². The molecule has 0 spiro atoms. The van der Waals surface area contributed by atoms with E-state index in [0.29, 0.717) is 22.7 Å². The van der Waals surface area contributed by atoms with Crippen molar-refractivity contribution in [3.8, 4) is 5.69 Å². The average molecular weight is 327 g/mol. The summed E-state index contributed by atoms with van der Waals surface area (Å²) in [7, 11) is 0. The van der Waals surface area contributed by atoms with Crippen LogP contribution in [0.3, 0.4) is 0 Å². The van der Waals surface area contributed by atoms with Crippen molar-refractivity contribution in [2.45, 2.75) is 12.5 Å². The topological polar surface area (TPSA) is 110 Å². The first-order valence-electron chi connectivity index (χ1n) is 5.97. The molecule has 1 unspecified atom stereocenters. The highest BCUT2D eigenvalue weighted by atomic mass is 32.2. The molecule has 21 heavy (non-hydrogen) atoms. The number of nitrogens with zero attached hydrogens (tertiary/aromatic N) is 4. The second kappa shape index (κ2) is 7.18. The van der Waals surface area contributed by atoms with Crippen LogP contribution in [0.5, 0.6) is 0 Å². The second-order valence-electron chi connectivity index (χ2n) is 4.04. The molecule has 0 bridgehead atoms. The molecule has 2 heterocycles. The molecule has 2 aromatic heterocycles. The Hall–Kier alpha value is -1.94. The van der Waals surface area contributed by atoms with Gasteiger partial charge < -0.3 is 10.4 Å². The Morgan fingerprint density at radius 3 is 3.00 bits per heavy atom. The van der Waals surface area contributed by atoms with Gasteiger partial charge in [-0.2, -0.15) is 16.4 Å². The maximum Gasteiger partial charge on any atom is 0.326 e. The molecular weight excluding hydrogens is 314 g/mol. The number of nitrogens with one attached hydrogen (secondary N) is 1. The van der Waals surface area contributed by atoms with E-state index in [1.807, 2.05) is 6.26 Å². The van der Waals surface area contributed by atoms with Gasteiger partial charge in [0.25, 0.3) is 5.91 Å². The van der Waals surface area contributed by atoms with E-state index in [0.717, 1.165) is 0 Å². The van der Waals surface area contributed by atoms with Crippen LogP contribution in [-0.4, -0.2) is 55.2 Å². The molecule has 2 aromatic rings. The van der Waals surface area contributed by atoms with E-state index in [4.69, 9.17) is 5.11 Å². The zero-order chi connectivity index (χ0) is 15.2. The molecule has 1 amide bonds. The lowest BCUT2D eigenvalue weighted by atomic mass is 10.2. The highest BCUT2D eigenvalue weighted by molar-refractivity contribution is 7.98. The fourth-order valence-corrected chi connectivity index (χ4v) is 2.89. The minimum absolute atomic E-state index is 0.369. The summed E-state index contributed by atoms with van der Waals surface area (Å²) in [6, 6.07) is 0.793. The lowest BCUT2D eigenvalue weighted by Crippen LogP contribution is -2.41. The van der Waals surface area contributed by atoms with Crippen molar-refractivity contribution < 1.29 is 14.7 Å². The lowest BCUT2D eigenvalue weighted by molar-refractivity contribution is -0.139. The normalized spacial score (nSPS) is 12.0. The van der Waals surface area contributed by atoms with Gasteiger partial charge >= 0.3 is 5.97 Å². The Kier molecular flexibility index (Phi) is 5.28. The first-order valence-corrected chi connectivity index (χ1v) is 8.24. The van der Waals surface area contributed by atoms with E-state index in [1.165, 1.54) is 34.1 Å². The molecule has 10 heteroatoms. The number of hydrogen-bond acceptors (Lipinski definition) is 7. The van der Waals surface area contributed by atoms with Crippen LogP contribution in [0.1, 0.15) is 16.1 Å². The number of carboxylic acid groups (broad SMARTS) is 1. The number of carbonyl (C=O) groups is 2. The Morgan fingerprint density at radius 2 is 2.38 bits per heavy atom. The maximum absolute atomic E-state index is 12.2. The maximum atomic E-state index is 12.2. The summed E-state index contributed by atoms with van der Waals surface area (Å²) < 4.78 is 1.36. The predicted octanol–water partition coefficient (Wildman–Crippen LogP) is 0.660. The highest BCUT2D eigenvalue weighted by Crippen LogP contribution is 2.20. The van der Waals surface area contributed by atoms with E-state index >= 15 is 0 Å². The second-order valence-corrected chi connectivity index (χ2v) is 5.94. The summed E-state index contributed by atoms with van der Waals surface area (Å²) in [6.07, 6.45) is 3.63. The molecule has 8 nitrogen and oxygen atoms in total. The highest BCUT2D eigenvalue weighted by Gasteiger charge is 2.23. The first-order chi connectivity index (χ1) is 10.1. The van der Waals surface area contributed by atoms with E-state index in [-0.39, 0.29) is 0 Å². The Bertz CT molecular complexity index is 613. The average Bonchev–Trinajstić information content (AvgIpc) is 3.11. The van der Waals surface area contributed by atoms with Gasteiger partial charge in [-0.3, -0.25) is 4.79 Å². The monoisotopic (exact) mass is 327 g/mol. The van der Waals surface area contributed by atoms with Gasteiger partial charge in [-0.15, -0.1) is 16.4 Å².